The smallest absolute Gasteiger partial charge is 0.340 e. The van der Waals surface area contributed by atoms with Crippen molar-refractivity contribution in [1.29, 1.82) is 0 Å². The zero-order valence-electron chi connectivity index (χ0n) is 16.8. The molecular weight excluding hydrogens is 434 g/mol. The van der Waals surface area contributed by atoms with Gasteiger partial charge in [-0.15, -0.1) is 0 Å². The van der Waals surface area contributed by atoms with Crippen LogP contribution in [0.1, 0.15) is 20.7 Å². The molecule has 9 heteroatoms. The molecule has 0 unspecified atom stereocenters. The summed E-state index contributed by atoms with van der Waals surface area (Å²) in [6, 6.07) is 18.7. The van der Waals surface area contributed by atoms with Crippen LogP contribution in [-0.2, 0) is 14.8 Å². The van der Waals surface area contributed by atoms with Gasteiger partial charge >= 0.3 is 5.97 Å². The molecule has 32 heavy (non-hydrogen) atoms. The number of rotatable bonds is 7. The fraction of sp³-hybridized carbons (Fsp3) is 0.130. The molecule has 0 atom stereocenters. The van der Waals surface area contributed by atoms with Crippen LogP contribution in [0, 0.1) is 0 Å². The molecule has 0 saturated heterocycles. The lowest BCUT2D eigenvalue weighted by Crippen LogP contribution is -2.19. The van der Waals surface area contributed by atoms with Gasteiger partial charge in [0, 0.05) is 11.6 Å². The second kappa shape index (κ2) is 9.11. The Morgan fingerprint density at radius 1 is 0.875 bits per heavy atom. The van der Waals surface area contributed by atoms with Crippen molar-refractivity contribution in [2.75, 3.05) is 24.5 Å². The largest absolute Gasteiger partial charge is 0.486 e. The third-order valence-corrected chi connectivity index (χ3v) is 6.01. The Labute approximate surface area is 184 Å². The molecule has 1 aliphatic rings. The number of anilines is 1. The number of hydrogen-bond acceptors (Lipinski definition) is 7. The van der Waals surface area contributed by atoms with Crippen LogP contribution in [0.15, 0.2) is 77.7 Å². The molecule has 0 fully saturated rings. The first-order valence-corrected chi connectivity index (χ1v) is 11.2. The van der Waals surface area contributed by atoms with Gasteiger partial charge in [-0.25, -0.2) is 13.2 Å². The van der Waals surface area contributed by atoms with E-state index in [2.05, 4.69) is 4.72 Å². The minimum atomic E-state index is -4.04. The molecule has 0 radical (unpaired) electrons. The summed E-state index contributed by atoms with van der Waals surface area (Å²) in [5.41, 5.74) is 0.418. The van der Waals surface area contributed by atoms with Gasteiger partial charge in [0.2, 0.25) is 0 Å². The van der Waals surface area contributed by atoms with Gasteiger partial charge in [-0.1, -0.05) is 42.5 Å². The van der Waals surface area contributed by atoms with Crippen LogP contribution in [0.2, 0.25) is 0 Å². The highest BCUT2D eigenvalue weighted by atomic mass is 32.2. The van der Waals surface area contributed by atoms with Gasteiger partial charge in [0.15, 0.2) is 23.9 Å². The fourth-order valence-electron chi connectivity index (χ4n) is 3.06. The Kier molecular flexibility index (Phi) is 6.09. The Morgan fingerprint density at radius 3 is 2.34 bits per heavy atom. The molecule has 0 aromatic heterocycles. The lowest BCUT2D eigenvalue weighted by molar-refractivity contribution is 0.0476. The van der Waals surface area contributed by atoms with Gasteiger partial charge in [0.1, 0.15) is 13.2 Å². The number of nitrogens with one attached hydrogen (secondary N) is 1. The standard InChI is InChI=1S/C23H19NO7S/c25-20(16-6-2-1-3-7-16)15-31-23(26)18-8-4-5-9-19(18)24-32(27,28)17-10-11-21-22(14-17)30-13-12-29-21/h1-11,14,24H,12-13,15H2. The van der Waals surface area contributed by atoms with E-state index in [4.69, 9.17) is 14.2 Å². The number of sulfonamides is 1. The highest BCUT2D eigenvalue weighted by Crippen LogP contribution is 2.33. The highest BCUT2D eigenvalue weighted by Gasteiger charge is 2.22. The average Bonchev–Trinajstić information content (AvgIpc) is 2.82. The molecule has 0 bridgehead atoms. The number of para-hydroxylation sites is 1. The first kappa shape index (κ1) is 21.4. The quantitative estimate of drug-likeness (QED) is 0.432. The monoisotopic (exact) mass is 453 g/mol. The molecule has 0 amide bonds. The van der Waals surface area contributed by atoms with Crippen molar-refractivity contribution >= 4 is 27.5 Å². The molecule has 0 aliphatic carbocycles. The number of benzene rings is 3. The number of fused-ring (bicyclic) bond motifs is 1. The zero-order chi connectivity index (χ0) is 22.6. The Hall–Kier alpha value is -3.85. The van der Waals surface area contributed by atoms with Crippen molar-refractivity contribution in [2.45, 2.75) is 4.90 Å². The topological polar surface area (TPSA) is 108 Å². The summed E-state index contributed by atoms with van der Waals surface area (Å²) in [7, 11) is -4.04. The minimum Gasteiger partial charge on any atom is -0.486 e. The van der Waals surface area contributed by atoms with Crippen molar-refractivity contribution < 1.29 is 32.2 Å². The predicted molar refractivity (Wildman–Crippen MR) is 116 cm³/mol. The zero-order valence-corrected chi connectivity index (χ0v) is 17.6. The number of ether oxygens (including phenoxy) is 3. The summed E-state index contributed by atoms with van der Waals surface area (Å²) < 4.78 is 44.2. The van der Waals surface area contributed by atoms with Crippen molar-refractivity contribution in [2.24, 2.45) is 0 Å². The molecule has 1 N–H and O–H groups in total. The van der Waals surface area contributed by atoms with E-state index >= 15 is 0 Å². The molecule has 3 aromatic carbocycles. The molecule has 1 aliphatic heterocycles. The summed E-state index contributed by atoms with van der Waals surface area (Å²) in [6.45, 7) is 0.242. The summed E-state index contributed by atoms with van der Waals surface area (Å²) in [6.07, 6.45) is 0. The van der Waals surface area contributed by atoms with Crippen LogP contribution in [0.4, 0.5) is 5.69 Å². The normalized spacial score (nSPS) is 12.6. The third-order valence-electron chi connectivity index (χ3n) is 4.65. The lowest BCUT2D eigenvalue weighted by Gasteiger charge is -2.19. The van der Waals surface area contributed by atoms with Gasteiger partial charge < -0.3 is 14.2 Å². The number of carbonyl (C=O) groups excluding carboxylic acids is 2. The molecule has 8 nitrogen and oxygen atoms in total. The van der Waals surface area contributed by atoms with Crippen molar-refractivity contribution in [3.63, 3.8) is 0 Å². The number of carbonyl (C=O) groups is 2. The average molecular weight is 453 g/mol. The van der Waals surface area contributed by atoms with E-state index in [1.807, 2.05) is 0 Å². The number of esters is 1. The van der Waals surface area contributed by atoms with Crippen LogP contribution in [-0.4, -0.2) is 40.0 Å². The van der Waals surface area contributed by atoms with Crippen LogP contribution in [0.3, 0.4) is 0 Å². The van der Waals surface area contributed by atoms with E-state index in [1.165, 1.54) is 30.3 Å². The highest BCUT2D eigenvalue weighted by molar-refractivity contribution is 7.92. The van der Waals surface area contributed by atoms with Crippen molar-refractivity contribution in [3.05, 3.63) is 83.9 Å². The van der Waals surface area contributed by atoms with Crippen molar-refractivity contribution in [3.8, 4) is 11.5 Å². The third kappa shape index (κ3) is 4.73. The molecule has 4 rings (SSSR count). The maximum atomic E-state index is 12.9. The molecule has 3 aromatic rings. The van der Waals surface area contributed by atoms with Gasteiger partial charge in [-0.3, -0.25) is 9.52 Å². The fourth-order valence-corrected chi connectivity index (χ4v) is 4.16. The molecule has 164 valence electrons. The van der Waals surface area contributed by atoms with E-state index in [0.29, 0.717) is 30.3 Å². The molecule has 0 spiro atoms. The molecule has 0 saturated carbocycles. The second-order valence-electron chi connectivity index (χ2n) is 6.82. The molecule has 1 heterocycles. The van der Waals surface area contributed by atoms with Crippen LogP contribution < -0.4 is 14.2 Å². The van der Waals surface area contributed by atoms with E-state index in [-0.39, 0.29) is 21.9 Å². The number of ketones is 1. The van der Waals surface area contributed by atoms with Crippen LogP contribution in [0.5, 0.6) is 11.5 Å². The van der Waals surface area contributed by atoms with Crippen LogP contribution >= 0.6 is 0 Å². The van der Waals surface area contributed by atoms with Gasteiger partial charge in [0.25, 0.3) is 10.0 Å². The number of Topliss-reactive ketones (excluding diaryl/α,β-unsaturated/α-hetero) is 1. The summed E-state index contributed by atoms with van der Waals surface area (Å²) in [5, 5.41) is 0. The Bertz CT molecular complexity index is 1260. The second-order valence-corrected chi connectivity index (χ2v) is 8.50. The number of hydrogen-bond donors (Lipinski definition) is 1. The summed E-state index contributed by atoms with van der Waals surface area (Å²) in [5.74, 6) is -0.406. The van der Waals surface area contributed by atoms with Gasteiger partial charge in [-0.05, 0) is 24.3 Å². The molecular formula is C23H19NO7S. The summed E-state index contributed by atoms with van der Waals surface area (Å²) >= 11 is 0. The van der Waals surface area contributed by atoms with Gasteiger partial charge in [0.05, 0.1) is 16.1 Å². The lowest BCUT2D eigenvalue weighted by atomic mass is 10.1. The summed E-state index contributed by atoms with van der Waals surface area (Å²) in [4.78, 5) is 24.7. The maximum absolute atomic E-state index is 12.9. The SMILES string of the molecule is O=C(COC(=O)c1ccccc1NS(=O)(=O)c1ccc2c(c1)OCCO2)c1ccccc1. The van der Waals surface area contributed by atoms with E-state index in [0.717, 1.165) is 0 Å². The Balaban J connectivity index is 1.50. The van der Waals surface area contributed by atoms with Crippen LogP contribution in [0.25, 0.3) is 0 Å². The van der Waals surface area contributed by atoms with E-state index < -0.39 is 22.6 Å². The first-order chi connectivity index (χ1) is 15.4. The minimum absolute atomic E-state index is 0.0190. The maximum Gasteiger partial charge on any atom is 0.340 e. The Morgan fingerprint density at radius 2 is 1.56 bits per heavy atom. The first-order valence-electron chi connectivity index (χ1n) is 9.71. The van der Waals surface area contributed by atoms with E-state index in [1.54, 1.807) is 42.5 Å². The van der Waals surface area contributed by atoms with Crippen molar-refractivity contribution in [1.82, 2.24) is 0 Å². The van der Waals surface area contributed by atoms with E-state index in [9.17, 15) is 18.0 Å². The predicted octanol–water partition coefficient (Wildman–Crippen LogP) is 3.30. The van der Waals surface area contributed by atoms with Gasteiger partial charge in [-0.2, -0.15) is 0 Å².